The molecule has 1 aromatic heterocycles. The number of nitrogens with zero attached hydrogens (tertiary/aromatic N) is 4. The van der Waals surface area contributed by atoms with Gasteiger partial charge in [0.25, 0.3) is 11.1 Å². The van der Waals surface area contributed by atoms with Crippen molar-refractivity contribution in [2.45, 2.75) is 22.2 Å². The number of amides is 2. The van der Waals surface area contributed by atoms with E-state index in [-0.39, 0.29) is 41.0 Å². The highest BCUT2D eigenvalue weighted by Gasteiger charge is 2.53. The maximum Gasteiger partial charge on any atom is 0.269 e. The number of hydrogen-bond donors (Lipinski definition) is 2. The zero-order valence-electron chi connectivity index (χ0n) is 22.5. The average Bonchev–Trinajstić information content (AvgIpc) is 3.32. The largest absolute Gasteiger partial charge is 0.366 e. The molecule has 0 radical (unpaired) electrons. The van der Waals surface area contributed by atoms with E-state index < -0.39 is 11.3 Å². The molecule has 0 aliphatic carbocycles. The molecule has 2 N–H and O–H groups in total. The second kappa shape index (κ2) is 14.2. The topological polar surface area (TPSA) is 106 Å². The first-order chi connectivity index (χ1) is 18.6. The van der Waals surface area contributed by atoms with E-state index in [1.165, 1.54) is 46.1 Å². The fourth-order valence-electron chi connectivity index (χ4n) is 4.39. The molecular weight excluding hydrogens is 611 g/mol. The van der Waals surface area contributed by atoms with E-state index >= 15 is 0 Å². The number of β-lactam (4-membered cyclic amide) rings is 1. The molecule has 2 aliphatic heterocycles. The minimum Gasteiger partial charge on any atom is -0.366 e. The summed E-state index contributed by atoms with van der Waals surface area (Å²) in [5.74, 6) is 0.0888. The summed E-state index contributed by atoms with van der Waals surface area (Å²) in [6.07, 6.45) is 6.17. The highest BCUT2D eigenvalue weighted by molar-refractivity contribution is 8.01. The predicted octanol–water partition coefficient (Wildman–Crippen LogP) is 3.79. The van der Waals surface area contributed by atoms with Gasteiger partial charge in [-0.15, -0.1) is 35.5 Å². The summed E-state index contributed by atoms with van der Waals surface area (Å²) >= 11 is 10.3. The third-order valence-corrected chi connectivity index (χ3v) is 10.2. The number of fused-ring (bicyclic) bond motifs is 2. The third-order valence-electron chi connectivity index (χ3n) is 6.51. The molecule has 40 heavy (non-hydrogen) atoms. The number of benzene rings is 1. The maximum absolute atomic E-state index is 13.0. The molecule has 2 atom stereocenters. The molecule has 4 rings (SSSR count). The minimum atomic E-state index is -0.690. The predicted molar refractivity (Wildman–Crippen MR) is 168 cm³/mol. The molecule has 0 saturated carbocycles. The van der Waals surface area contributed by atoms with Gasteiger partial charge in [-0.2, -0.15) is 0 Å². The number of likely N-dealkylation sites (N-methyl/N-ethyl adjacent to an activating group) is 1. The van der Waals surface area contributed by atoms with Crippen LogP contribution < -0.4 is 5.32 Å². The van der Waals surface area contributed by atoms with E-state index in [0.29, 0.717) is 11.3 Å². The molecule has 2 aromatic rings. The fourth-order valence-corrected chi connectivity index (χ4v) is 7.80. The number of nitrogens with one attached hydrogen (secondary N) is 2. The van der Waals surface area contributed by atoms with Crippen LogP contribution in [0.15, 0.2) is 52.0 Å². The van der Waals surface area contributed by atoms with Gasteiger partial charge in [-0.1, -0.05) is 30.0 Å². The number of hydrogen-bond acceptors (Lipinski definition) is 8. The van der Waals surface area contributed by atoms with Crippen molar-refractivity contribution in [2.75, 3.05) is 52.3 Å². The molecule has 14 heteroatoms. The van der Waals surface area contributed by atoms with Crippen molar-refractivity contribution in [3.63, 3.8) is 0 Å². The summed E-state index contributed by atoms with van der Waals surface area (Å²) in [5.41, 5.74) is 1.82. The summed E-state index contributed by atoms with van der Waals surface area (Å²) in [6, 6.07) is 7.12. The van der Waals surface area contributed by atoms with Gasteiger partial charge >= 0.3 is 0 Å². The number of carbonyl (C=O) groups excluding carboxylic acids is 3. The smallest absolute Gasteiger partial charge is 0.269 e. The Morgan fingerprint density at radius 3 is 2.80 bits per heavy atom. The molecule has 3 heterocycles. The number of thioether (sulfide) groups is 2. The first-order valence-electron chi connectivity index (χ1n) is 12.4. The van der Waals surface area contributed by atoms with Gasteiger partial charge in [0.1, 0.15) is 17.1 Å². The van der Waals surface area contributed by atoms with Crippen LogP contribution in [0.3, 0.4) is 0 Å². The number of para-hydroxylation sites is 1. The molecule has 2 aliphatic rings. The van der Waals surface area contributed by atoms with Crippen molar-refractivity contribution in [3.8, 4) is 0 Å². The molecule has 0 unspecified atom stereocenters. The van der Waals surface area contributed by atoms with E-state index in [0.717, 1.165) is 45.1 Å². The Kier molecular flexibility index (Phi) is 11.5. The zero-order valence-corrected chi connectivity index (χ0v) is 26.5. The van der Waals surface area contributed by atoms with Crippen molar-refractivity contribution in [2.24, 2.45) is 0 Å². The Morgan fingerprint density at radius 2 is 2.10 bits per heavy atom. The highest BCUT2D eigenvalue weighted by Crippen LogP contribution is 2.41. The Morgan fingerprint density at radius 1 is 1.35 bits per heavy atom. The Bertz CT molecular complexity index is 1300. The second-order valence-corrected chi connectivity index (χ2v) is 13.7. The quantitative estimate of drug-likeness (QED) is 0.0854. The normalized spacial score (nSPS) is 18.8. The number of allylic oxidation sites excluding steroid dienone is 2. The van der Waals surface area contributed by atoms with Gasteiger partial charge in [-0.05, 0) is 35.4 Å². The molecule has 0 spiro atoms. The number of quaternary nitrogens is 1. The number of rotatable bonds is 13. The second-order valence-electron chi connectivity index (χ2n) is 10.0. The summed E-state index contributed by atoms with van der Waals surface area (Å²) < 4.78 is 2.62. The van der Waals surface area contributed by atoms with E-state index in [2.05, 4.69) is 24.4 Å². The van der Waals surface area contributed by atoms with E-state index in [9.17, 15) is 14.4 Å². The summed E-state index contributed by atoms with van der Waals surface area (Å²) in [5, 5.41) is 9.07. The van der Waals surface area contributed by atoms with E-state index in [4.69, 9.17) is 17.0 Å². The van der Waals surface area contributed by atoms with Crippen LogP contribution in [0, 0.1) is 5.41 Å². The number of carbonyl (C=O) groups is 3. The molecule has 216 valence electrons. The van der Waals surface area contributed by atoms with Crippen LogP contribution in [0.25, 0.3) is 10.2 Å². The Labute approximate surface area is 257 Å². The Hall–Kier alpha value is -2.09. The van der Waals surface area contributed by atoms with Crippen molar-refractivity contribution in [3.05, 3.63) is 47.7 Å². The van der Waals surface area contributed by atoms with Gasteiger partial charge in [-0.3, -0.25) is 24.7 Å². The van der Waals surface area contributed by atoms with Crippen LogP contribution in [0.4, 0.5) is 0 Å². The van der Waals surface area contributed by atoms with Gasteiger partial charge in [0.2, 0.25) is 5.91 Å². The average molecular weight is 645 g/mol. The summed E-state index contributed by atoms with van der Waals surface area (Å²) in [7, 11) is 6.14. The SMILES string of the molecule is CN(C=N)CCC[N+](C)(C)C/C=C/C1=C(C(=O)Cl)N2C(=O)[C@@H](NC(=O)CSc3nc4ccccc4s3)[C@H]2SC1.Cl. The third kappa shape index (κ3) is 7.80. The Balaban J connectivity index is 0.00000441. The van der Waals surface area contributed by atoms with Crippen LogP contribution in [0.5, 0.6) is 0 Å². The zero-order chi connectivity index (χ0) is 28.2. The van der Waals surface area contributed by atoms with Gasteiger partial charge in [0, 0.05) is 25.8 Å². The van der Waals surface area contributed by atoms with Crippen LogP contribution >= 0.6 is 58.9 Å². The van der Waals surface area contributed by atoms with Crippen molar-refractivity contribution in [1.29, 1.82) is 5.41 Å². The lowest BCUT2D eigenvalue weighted by Gasteiger charge is -2.49. The number of thiazole rings is 1. The molecule has 1 aromatic carbocycles. The molecule has 2 amide bonds. The van der Waals surface area contributed by atoms with Gasteiger partial charge < -0.3 is 14.7 Å². The standard InChI is InChI=1S/C26H31ClN6O3S3.ClH/c1-31(16-28)11-7-13-33(2,3)12-6-8-17-14-37-25-21(24(36)32(25)22(17)23(27)35)30-20(34)15-38-26-29-18-9-4-5-10-19(18)39-26;/h4-6,8-10,16,21,25,28H,7,11-15H2,1-3H3;1H/p+1/b8-6+,28-16?;/t21-,25-;/m1./s1. The van der Waals surface area contributed by atoms with Gasteiger partial charge in [0.05, 0.1) is 49.5 Å². The van der Waals surface area contributed by atoms with Crippen LogP contribution in [-0.4, -0.2) is 106 Å². The van der Waals surface area contributed by atoms with Crippen molar-refractivity contribution in [1.82, 2.24) is 20.1 Å². The van der Waals surface area contributed by atoms with Gasteiger partial charge in [0.15, 0.2) is 4.34 Å². The highest BCUT2D eigenvalue weighted by atomic mass is 35.5. The van der Waals surface area contributed by atoms with Crippen molar-refractivity contribution < 1.29 is 18.9 Å². The van der Waals surface area contributed by atoms with Crippen LogP contribution in [0.1, 0.15) is 6.42 Å². The van der Waals surface area contributed by atoms with Crippen LogP contribution in [0.2, 0.25) is 0 Å². The monoisotopic (exact) mass is 643 g/mol. The fraction of sp³-hybridized carbons (Fsp3) is 0.423. The van der Waals surface area contributed by atoms with Crippen molar-refractivity contribution >= 4 is 92.5 Å². The summed E-state index contributed by atoms with van der Waals surface area (Å²) in [4.78, 5) is 45.8. The number of halogens is 2. The molecule has 1 saturated heterocycles. The molecular formula is C26H33Cl2N6O3S3+. The van der Waals surface area contributed by atoms with E-state index in [1.807, 2.05) is 48.4 Å². The lowest BCUT2D eigenvalue weighted by Crippen LogP contribution is -2.70. The summed E-state index contributed by atoms with van der Waals surface area (Å²) in [6.45, 7) is 2.50. The maximum atomic E-state index is 13.0. The number of aromatic nitrogens is 1. The lowest BCUT2D eigenvalue weighted by molar-refractivity contribution is -0.884. The first-order valence-corrected chi connectivity index (χ1v) is 15.7. The minimum absolute atomic E-state index is 0. The first kappa shape index (κ1) is 32.4. The molecule has 9 nitrogen and oxygen atoms in total. The molecule has 1 fully saturated rings. The van der Waals surface area contributed by atoms with Gasteiger partial charge in [-0.25, -0.2) is 4.98 Å². The molecule has 0 bridgehead atoms. The van der Waals surface area contributed by atoms with E-state index in [1.54, 1.807) is 0 Å². The van der Waals surface area contributed by atoms with Crippen LogP contribution in [-0.2, 0) is 14.4 Å². The lowest BCUT2D eigenvalue weighted by atomic mass is 10.0.